The van der Waals surface area contributed by atoms with Crippen LogP contribution in [-0.2, 0) is 0 Å². The van der Waals surface area contributed by atoms with E-state index in [1.54, 1.807) is 6.92 Å². The smallest absolute Gasteiger partial charge is 0.222 e. The first kappa shape index (κ1) is 10.4. The van der Waals surface area contributed by atoms with E-state index < -0.39 is 5.82 Å². The van der Waals surface area contributed by atoms with Crippen molar-refractivity contribution in [3.05, 3.63) is 35.1 Å². The second kappa shape index (κ2) is 3.77. The summed E-state index contributed by atoms with van der Waals surface area (Å²) in [5.74, 6) is -0.282. The first-order chi connectivity index (χ1) is 7.61. The third-order valence-electron chi connectivity index (χ3n) is 2.26. The van der Waals surface area contributed by atoms with Gasteiger partial charge in [0.15, 0.2) is 6.29 Å². The minimum absolute atomic E-state index is 0.118. The van der Waals surface area contributed by atoms with Crippen LogP contribution in [0.2, 0.25) is 0 Å². The van der Waals surface area contributed by atoms with Gasteiger partial charge in [0.2, 0.25) is 5.88 Å². The fourth-order valence-electron chi connectivity index (χ4n) is 1.44. The number of nitrogens with two attached hydrogens (primary N) is 1. The first-order valence-corrected chi connectivity index (χ1v) is 4.59. The van der Waals surface area contributed by atoms with Gasteiger partial charge in [0, 0.05) is 17.2 Å². The number of benzene rings is 1. The zero-order valence-electron chi connectivity index (χ0n) is 8.53. The molecular weight excluding hydrogens is 211 g/mol. The van der Waals surface area contributed by atoms with E-state index in [4.69, 9.17) is 5.73 Å². The van der Waals surface area contributed by atoms with Crippen LogP contribution in [0.4, 0.5) is 10.3 Å². The van der Waals surface area contributed by atoms with E-state index in [9.17, 15) is 9.18 Å². The van der Waals surface area contributed by atoms with E-state index in [-0.39, 0.29) is 5.88 Å². The minimum atomic E-state index is -0.401. The van der Waals surface area contributed by atoms with Gasteiger partial charge in [-0.05, 0) is 24.6 Å². The molecule has 5 heteroatoms. The average Bonchev–Trinajstić information content (AvgIpc) is 2.68. The number of rotatable bonds is 2. The Morgan fingerprint density at radius 3 is 2.75 bits per heavy atom. The molecule has 1 heterocycles. The number of anilines is 1. The van der Waals surface area contributed by atoms with Crippen LogP contribution in [0.5, 0.6) is 0 Å². The van der Waals surface area contributed by atoms with E-state index in [2.05, 4.69) is 9.68 Å². The Kier molecular flexibility index (Phi) is 2.44. The summed E-state index contributed by atoms with van der Waals surface area (Å²) in [5.41, 5.74) is 6.84. The summed E-state index contributed by atoms with van der Waals surface area (Å²) in [6.45, 7) is 1.59. The normalized spacial score (nSPS) is 10.4. The maximum Gasteiger partial charge on any atom is 0.222 e. The molecule has 1 aromatic carbocycles. The maximum atomic E-state index is 13.4. The molecule has 0 bridgehead atoms. The number of aldehydes is 1. The van der Waals surface area contributed by atoms with Crippen molar-refractivity contribution in [2.24, 2.45) is 0 Å². The van der Waals surface area contributed by atoms with Crippen LogP contribution < -0.4 is 5.73 Å². The van der Waals surface area contributed by atoms with E-state index in [1.165, 1.54) is 18.2 Å². The van der Waals surface area contributed by atoms with Crippen molar-refractivity contribution >= 4 is 12.2 Å². The summed E-state index contributed by atoms with van der Waals surface area (Å²) in [7, 11) is 0. The average molecular weight is 220 g/mol. The summed E-state index contributed by atoms with van der Waals surface area (Å²) in [6.07, 6.45) is 0.645. The van der Waals surface area contributed by atoms with Crippen molar-refractivity contribution in [1.82, 2.24) is 5.16 Å². The van der Waals surface area contributed by atoms with Crippen LogP contribution in [0.25, 0.3) is 11.3 Å². The third kappa shape index (κ3) is 1.67. The van der Waals surface area contributed by atoms with Gasteiger partial charge in [-0.2, -0.15) is 0 Å². The van der Waals surface area contributed by atoms with Crippen molar-refractivity contribution in [2.75, 3.05) is 5.73 Å². The maximum absolute atomic E-state index is 13.4. The second-order valence-corrected chi connectivity index (χ2v) is 3.42. The number of carbonyl (C=O) groups excluding carboxylic acids is 1. The zero-order chi connectivity index (χ0) is 11.7. The molecular formula is C11H9FN2O2. The fourth-order valence-corrected chi connectivity index (χ4v) is 1.44. The first-order valence-electron chi connectivity index (χ1n) is 4.59. The molecule has 0 radical (unpaired) electrons. The molecule has 0 aliphatic rings. The number of aromatic nitrogens is 1. The molecule has 82 valence electrons. The molecule has 0 aliphatic carbocycles. The highest BCUT2D eigenvalue weighted by atomic mass is 19.1. The summed E-state index contributed by atoms with van der Waals surface area (Å²) >= 11 is 0. The highest BCUT2D eigenvalue weighted by molar-refractivity contribution is 5.87. The molecule has 4 nitrogen and oxygen atoms in total. The lowest BCUT2D eigenvalue weighted by Crippen LogP contribution is -1.92. The second-order valence-electron chi connectivity index (χ2n) is 3.42. The number of halogens is 1. The Morgan fingerprint density at radius 2 is 2.19 bits per heavy atom. The summed E-state index contributed by atoms with van der Waals surface area (Å²) in [4.78, 5) is 10.9. The third-order valence-corrected chi connectivity index (χ3v) is 2.26. The van der Waals surface area contributed by atoms with Crippen LogP contribution in [0.1, 0.15) is 15.9 Å². The predicted molar refractivity (Wildman–Crippen MR) is 56.4 cm³/mol. The van der Waals surface area contributed by atoms with Crippen LogP contribution in [0.15, 0.2) is 22.7 Å². The molecule has 1 aromatic heterocycles. The monoisotopic (exact) mass is 220 g/mol. The van der Waals surface area contributed by atoms with Crippen LogP contribution >= 0.6 is 0 Å². The number of aryl methyl sites for hydroxylation is 1. The van der Waals surface area contributed by atoms with Crippen molar-refractivity contribution in [2.45, 2.75) is 6.92 Å². The van der Waals surface area contributed by atoms with Gasteiger partial charge in [0.05, 0.1) is 0 Å². The number of carbonyl (C=O) groups is 1. The highest BCUT2D eigenvalue weighted by Gasteiger charge is 2.12. The molecule has 0 atom stereocenters. The number of nitrogen functional groups attached to an aromatic ring is 1. The molecule has 0 fully saturated rings. The van der Waals surface area contributed by atoms with Gasteiger partial charge in [-0.1, -0.05) is 5.16 Å². The Labute approximate surface area is 90.9 Å². The molecule has 0 saturated carbocycles. The summed E-state index contributed by atoms with van der Waals surface area (Å²) < 4.78 is 18.1. The highest BCUT2D eigenvalue weighted by Crippen LogP contribution is 2.25. The van der Waals surface area contributed by atoms with Crippen molar-refractivity contribution in [3.63, 3.8) is 0 Å². The Morgan fingerprint density at radius 1 is 1.44 bits per heavy atom. The summed E-state index contributed by atoms with van der Waals surface area (Å²) in [5, 5.41) is 3.64. The van der Waals surface area contributed by atoms with Crippen molar-refractivity contribution in [3.8, 4) is 11.3 Å². The van der Waals surface area contributed by atoms with Gasteiger partial charge < -0.3 is 10.3 Å². The zero-order valence-corrected chi connectivity index (χ0v) is 8.53. The van der Waals surface area contributed by atoms with E-state index in [1.807, 2.05) is 0 Å². The number of nitrogens with zero attached hydrogens (tertiary/aromatic N) is 1. The molecule has 2 aromatic rings. The van der Waals surface area contributed by atoms with Gasteiger partial charge in [0.25, 0.3) is 0 Å². The molecule has 0 spiro atoms. The molecule has 16 heavy (non-hydrogen) atoms. The number of hydrogen-bond donors (Lipinski definition) is 1. The fraction of sp³-hybridized carbons (Fsp3) is 0.0909. The molecule has 0 aliphatic heterocycles. The van der Waals surface area contributed by atoms with Gasteiger partial charge in [-0.25, -0.2) is 4.39 Å². The van der Waals surface area contributed by atoms with Crippen LogP contribution in [-0.4, -0.2) is 11.4 Å². The van der Waals surface area contributed by atoms with E-state index in [0.29, 0.717) is 28.7 Å². The predicted octanol–water partition coefficient (Wildman–Crippen LogP) is 2.18. The van der Waals surface area contributed by atoms with Crippen molar-refractivity contribution in [1.29, 1.82) is 0 Å². The lowest BCUT2D eigenvalue weighted by Gasteiger charge is -2.03. The molecule has 0 saturated heterocycles. The molecule has 2 rings (SSSR count). The van der Waals surface area contributed by atoms with Crippen molar-refractivity contribution < 1.29 is 13.7 Å². The quantitative estimate of drug-likeness (QED) is 0.787. The largest absolute Gasteiger partial charge is 0.368 e. The SMILES string of the molecule is Cc1cc(C=O)c(-c2cc(N)on2)cc1F. The Hall–Kier alpha value is -2.17. The summed E-state index contributed by atoms with van der Waals surface area (Å²) in [6, 6.07) is 4.15. The van der Waals surface area contributed by atoms with Crippen LogP contribution in [0.3, 0.4) is 0 Å². The van der Waals surface area contributed by atoms with Gasteiger partial charge in [-0.15, -0.1) is 0 Å². The lowest BCUT2D eigenvalue weighted by molar-refractivity contribution is 0.112. The lowest BCUT2D eigenvalue weighted by atomic mass is 10.0. The van der Waals surface area contributed by atoms with E-state index in [0.717, 1.165) is 0 Å². The van der Waals surface area contributed by atoms with Crippen LogP contribution in [0, 0.1) is 12.7 Å². The topological polar surface area (TPSA) is 69.1 Å². The minimum Gasteiger partial charge on any atom is -0.368 e. The van der Waals surface area contributed by atoms with Gasteiger partial charge in [-0.3, -0.25) is 4.79 Å². The Bertz CT molecular complexity index is 549. The Balaban J connectivity index is 2.63. The van der Waals surface area contributed by atoms with E-state index >= 15 is 0 Å². The standard InChI is InChI=1S/C11H9FN2O2/c1-6-2-7(5-15)8(3-9(6)12)10-4-11(13)16-14-10/h2-5H,13H2,1H3. The van der Waals surface area contributed by atoms with Gasteiger partial charge >= 0.3 is 0 Å². The molecule has 2 N–H and O–H groups in total. The van der Waals surface area contributed by atoms with Gasteiger partial charge in [0.1, 0.15) is 11.5 Å². The molecule has 0 amide bonds. The molecule has 0 unspecified atom stereocenters. The number of hydrogen-bond acceptors (Lipinski definition) is 4.